The van der Waals surface area contributed by atoms with Crippen molar-refractivity contribution in [2.45, 2.75) is 37.8 Å². The number of hydrogen-bond acceptors (Lipinski definition) is 4. The molecule has 1 aliphatic carbocycles. The molecule has 0 aromatic rings. The van der Waals surface area contributed by atoms with Crippen molar-refractivity contribution in [2.75, 3.05) is 32.8 Å². The second-order valence-corrected chi connectivity index (χ2v) is 5.80. The van der Waals surface area contributed by atoms with Gasteiger partial charge in [0.25, 0.3) is 0 Å². The highest BCUT2D eigenvalue weighted by Crippen LogP contribution is 2.31. The molecule has 0 unspecified atom stereocenters. The summed E-state index contributed by atoms with van der Waals surface area (Å²) >= 11 is 0. The highest BCUT2D eigenvalue weighted by atomic mass is 16.5. The summed E-state index contributed by atoms with van der Waals surface area (Å²) in [5, 5.41) is 2.91. The zero-order chi connectivity index (χ0) is 12.5. The van der Waals surface area contributed by atoms with Gasteiger partial charge < -0.3 is 15.8 Å². The Bertz CT molecular complexity index is 300. The summed E-state index contributed by atoms with van der Waals surface area (Å²) in [5.74, 6) is 0.00465. The standard InChI is InChI=1S/C12H23N3O2/c1-11(2)9-15(7-8-17-11)6-5-14-10(16)12(13)3-4-12/h3-9,13H2,1-2H3,(H,14,16). The van der Waals surface area contributed by atoms with E-state index in [1.54, 1.807) is 0 Å². The van der Waals surface area contributed by atoms with Crippen molar-refractivity contribution in [2.24, 2.45) is 5.73 Å². The first-order valence-corrected chi connectivity index (χ1v) is 6.35. The average molecular weight is 241 g/mol. The van der Waals surface area contributed by atoms with Gasteiger partial charge in [0.15, 0.2) is 0 Å². The fourth-order valence-electron chi connectivity index (χ4n) is 2.17. The maximum atomic E-state index is 11.6. The Balaban J connectivity index is 1.66. The molecule has 98 valence electrons. The van der Waals surface area contributed by atoms with Gasteiger partial charge in [-0.15, -0.1) is 0 Å². The lowest BCUT2D eigenvalue weighted by Gasteiger charge is -2.38. The molecule has 0 bridgehead atoms. The van der Waals surface area contributed by atoms with Crippen LogP contribution in [0.5, 0.6) is 0 Å². The van der Waals surface area contributed by atoms with Gasteiger partial charge in [-0.25, -0.2) is 0 Å². The van der Waals surface area contributed by atoms with E-state index in [-0.39, 0.29) is 11.5 Å². The number of hydrogen-bond donors (Lipinski definition) is 2. The van der Waals surface area contributed by atoms with Crippen molar-refractivity contribution >= 4 is 5.91 Å². The van der Waals surface area contributed by atoms with Crippen molar-refractivity contribution in [3.8, 4) is 0 Å². The van der Waals surface area contributed by atoms with E-state index in [2.05, 4.69) is 24.1 Å². The van der Waals surface area contributed by atoms with E-state index >= 15 is 0 Å². The molecule has 1 saturated carbocycles. The van der Waals surface area contributed by atoms with Crippen molar-refractivity contribution < 1.29 is 9.53 Å². The van der Waals surface area contributed by atoms with E-state index in [0.29, 0.717) is 6.54 Å². The molecular weight excluding hydrogens is 218 g/mol. The number of nitrogens with one attached hydrogen (secondary N) is 1. The number of nitrogens with zero attached hydrogens (tertiary/aromatic N) is 1. The zero-order valence-electron chi connectivity index (χ0n) is 10.8. The van der Waals surface area contributed by atoms with Crippen LogP contribution in [-0.2, 0) is 9.53 Å². The third-order valence-electron chi connectivity index (χ3n) is 3.46. The van der Waals surface area contributed by atoms with Crippen LogP contribution in [0.2, 0.25) is 0 Å². The molecule has 2 fully saturated rings. The van der Waals surface area contributed by atoms with E-state index < -0.39 is 5.54 Å². The highest BCUT2D eigenvalue weighted by Gasteiger charge is 2.45. The van der Waals surface area contributed by atoms with Crippen LogP contribution in [0.15, 0.2) is 0 Å². The van der Waals surface area contributed by atoms with Crippen LogP contribution in [0.1, 0.15) is 26.7 Å². The fourth-order valence-corrected chi connectivity index (χ4v) is 2.17. The van der Waals surface area contributed by atoms with E-state index in [0.717, 1.165) is 39.1 Å². The van der Waals surface area contributed by atoms with E-state index in [9.17, 15) is 4.79 Å². The second kappa shape index (κ2) is 4.55. The normalized spacial score (nSPS) is 26.5. The van der Waals surface area contributed by atoms with Gasteiger partial charge in [-0.2, -0.15) is 0 Å². The van der Waals surface area contributed by atoms with E-state index in [1.807, 2.05) is 0 Å². The summed E-state index contributed by atoms with van der Waals surface area (Å²) in [6, 6.07) is 0. The van der Waals surface area contributed by atoms with Gasteiger partial charge in [-0.05, 0) is 26.7 Å². The maximum Gasteiger partial charge on any atom is 0.240 e. The minimum Gasteiger partial charge on any atom is -0.373 e. The Labute approximate surface area is 103 Å². The molecular formula is C12H23N3O2. The Morgan fingerprint density at radius 2 is 2.18 bits per heavy atom. The Morgan fingerprint density at radius 3 is 2.76 bits per heavy atom. The number of amides is 1. The molecule has 0 aromatic carbocycles. The van der Waals surface area contributed by atoms with Crippen LogP contribution >= 0.6 is 0 Å². The molecule has 2 rings (SSSR count). The summed E-state index contributed by atoms with van der Waals surface area (Å²) in [6.45, 7) is 8.35. The summed E-state index contributed by atoms with van der Waals surface area (Å²) in [5.41, 5.74) is 5.18. The number of morpholine rings is 1. The molecule has 0 spiro atoms. The SMILES string of the molecule is CC1(C)CN(CCNC(=O)C2(N)CC2)CCO1. The van der Waals surface area contributed by atoms with Gasteiger partial charge in [-0.3, -0.25) is 9.69 Å². The highest BCUT2D eigenvalue weighted by molar-refractivity contribution is 5.88. The number of carbonyl (C=O) groups is 1. The molecule has 0 aromatic heterocycles. The van der Waals surface area contributed by atoms with Crippen LogP contribution in [0, 0.1) is 0 Å². The van der Waals surface area contributed by atoms with Gasteiger partial charge in [0, 0.05) is 26.2 Å². The van der Waals surface area contributed by atoms with Crippen molar-refractivity contribution in [3.05, 3.63) is 0 Å². The minimum atomic E-state index is -0.551. The first-order chi connectivity index (χ1) is 7.91. The number of ether oxygens (including phenoxy) is 1. The van der Waals surface area contributed by atoms with Crippen LogP contribution < -0.4 is 11.1 Å². The van der Waals surface area contributed by atoms with Gasteiger partial charge in [0.1, 0.15) is 0 Å². The van der Waals surface area contributed by atoms with Gasteiger partial charge in [0.05, 0.1) is 17.7 Å². The Hall–Kier alpha value is -0.650. The molecule has 1 amide bonds. The lowest BCUT2D eigenvalue weighted by atomic mass is 10.1. The smallest absolute Gasteiger partial charge is 0.240 e. The molecule has 1 heterocycles. The van der Waals surface area contributed by atoms with Gasteiger partial charge >= 0.3 is 0 Å². The quantitative estimate of drug-likeness (QED) is 0.709. The molecule has 5 nitrogen and oxygen atoms in total. The van der Waals surface area contributed by atoms with Gasteiger partial charge in [-0.1, -0.05) is 0 Å². The predicted molar refractivity (Wildman–Crippen MR) is 65.6 cm³/mol. The molecule has 1 saturated heterocycles. The predicted octanol–water partition coefficient (Wildman–Crippen LogP) is -0.295. The fraction of sp³-hybridized carbons (Fsp3) is 0.917. The first kappa shape index (κ1) is 12.8. The summed E-state index contributed by atoms with van der Waals surface area (Å²) in [7, 11) is 0. The van der Waals surface area contributed by atoms with E-state index in [1.165, 1.54) is 0 Å². The van der Waals surface area contributed by atoms with Crippen molar-refractivity contribution in [1.82, 2.24) is 10.2 Å². The number of rotatable bonds is 4. The summed E-state index contributed by atoms with van der Waals surface area (Å²) < 4.78 is 5.64. The Morgan fingerprint density at radius 1 is 1.47 bits per heavy atom. The lowest BCUT2D eigenvalue weighted by Crippen LogP contribution is -2.51. The zero-order valence-corrected chi connectivity index (χ0v) is 10.8. The van der Waals surface area contributed by atoms with Crippen LogP contribution in [-0.4, -0.2) is 54.7 Å². The van der Waals surface area contributed by atoms with Gasteiger partial charge in [0.2, 0.25) is 5.91 Å². The molecule has 17 heavy (non-hydrogen) atoms. The average Bonchev–Trinajstić information content (AvgIpc) is 2.96. The lowest BCUT2D eigenvalue weighted by molar-refractivity contribution is -0.123. The number of nitrogens with two attached hydrogens (primary N) is 1. The maximum absolute atomic E-state index is 11.6. The largest absolute Gasteiger partial charge is 0.373 e. The van der Waals surface area contributed by atoms with Crippen LogP contribution in [0.4, 0.5) is 0 Å². The molecule has 1 aliphatic heterocycles. The topological polar surface area (TPSA) is 67.6 Å². The molecule has 0 radical (unpaired) electrons. The van der Waals surface area contributed by atoms with Crippen LogP contribution in [0.25, 0.3) is 0 Å². The molecule has 2 aliphatic rings. The summed E-state index contributed by atoms with van der Waals surface area (Å²) in [6.07, 6.45) is 1.65. The van der Waals surface area contributed by atoms with Crippen LogP contribution in [0.3, 0.4) is 0 Å². The number of carbonyl (C=O) groups excluding carboxylic acids is 1. The molecule has 3 N–H and O–H groups in total. The third kappa shape index (κ3) is 3.40. The third-order valence-corrected chi connectivity index (χ3v) is 3.46. The minimum absolute atomic E-state index is 0.00465. The molecule has 5 heteroatoms. The summed E-state index contributed by atoms with van der Waals surface area (Å²) in [4.78, 5) is 13.9. The van der Waals surface area contributed by atoms with Crippen molar-refractivity contribution in [3.63, 3.8) is 0 Å². The van der Waals surface area contributed by atoms with Crippen molar-refractivity contribution in [1.29, 1.82) is 0 Å². The first-order valence-electron chi connectivity index (χ1n) is 6.35. The monoisotopic (exact) mass is 241 g/mol. The Kier molecular flexibility index (Phi) is 3.43. The second-order valence-electron chi connectivity index (χ2n) is 5.80. The molecule has 0 atom stereocenters. The van der Waals surface area contributed by atoms with E-state index in [4.69, 9.17) is 10.5 Å².